The van der Waals surface area contributed by atoms with E-state index in [1.54, 1.807) is 0 Å². The Kier molecular flexibility index (Phi) is 6.88. The maximum absolute atomic E-state index is 14.4. The molecule has 2 atom stereocenters. The van der Waals surface area contributed by atoms with Gasteiger partial charge in [0.05, 0.1) is 30.0 Å². The molecule has 2 aromatic carbocycles. The average Bonchev–Trinajstić information content (AvgIpc) is 3.46. The second-order valence-electron chi connectivity index (χ2n) is 11.3. The van der Waals surface area contributed by atoms with Crippen LogP contribution in [0.3, 0.4) is 0 Å². The van der Waals surface area contributed by atoms with Gasteiger partial charge in [-0.1, -0.05) is 74.5 Å². The minimum absolute atomic E-state index is 0.0113. The van der Waals surface area contributed by atoms with Crippen LogP contribution >= 0.6 is 0 Å². The highest BCUT2D eigenvalue weighted by Gasteiger charge is 2.48. The normalized spacial score (nSPS) is 21.9. The molecule has 2 aliphatic rings. The zero-order chi connectivity index (χ0) is 26.2. The van der Waals surface area contributed by atoms with E-state index >= 15 is 0 Å². The number of aryl methyl sites for hydroxylation is 1. The first-order valence-electron chi connectivity index (χ1n) is 13.7. The van der Waals surface area contributed by atoms with Crippen LogP contribution in [0.15, 0.2) is 60.7 Å². The molecule has 0 radical (unpaired) electrons. The molecule has 6 heteroatoms. The molecule has 1 N–H and O–H groups in total. The summed E-state index contributed by atoms with van der Waals surface area (Å²) in [6.45, 7) is 11.9. The van der Waals surface area contributed by atoms with Crippen LogP contribution in [0, 0.1) is 6.92 Å². The maximum atomic E-state index is 14.4. The summed E-state index contributed by atoms with van der Waals surface area (Å²) in [7, 11) is 0. The van der Waals surface area contributed by atoms with Crippen molar-refractivity contribution in [2.75, 3.05) is 11.9 Å². The number of hydrogen-bond acceptors (Lipinski definition) is 4. The van der Waals surface area contributed by atoms with Crippen LogP contribution in [0.25, 0.3) is 0 Å². The Labute approximate surface area is 221 Å². The van der Waals surface area contributed by atoms with Gasteiger partial charge in [0.15, 0.2) is 0 Å². The lowest BCUT2D eigenvalue weighted by Gasteiger charge is -2.39. The summed E-state index contributed by atoms with van der Waals surface area (Å²) in [4.78, 5) is 16.5. The van der Waals surface area contributed by atoms with E-state index < -0.39 is 0 Å². The predicted molar refractivity (Wildman–Crippen MR) is 148 cm³/mol. The van der Waals surface area contributed by atoms with Gasteiger partial charge in [0.25, 0.3) is 5.91 Å². The van der Waals surface area contributed by atoms with Crippen molar-refractivity contribution in [3.05, 3.63) is 83.0 Å². The van der Waals surface area contributed by atoms with Crippen LogP contribution in [0.2, 0.25) is 0 Å². The summed E-state index contributed by atoms with van der Waals surface area (Å²) in [6, 6.07) is 20.9. The Bertz CT molecular complexity index is 1230. The Balaban J connectivity index is 1.45. The third-order valence-electron chi connectivity index (χ3n) is 8.52. The number of hydrogen-bond donors (Lipinski definition) is 1. The molecule has 0 aliphatic carbocycles. The summed E-state index contributed by atoms with van der Waals surface area (Å²) in [5.74, 6) is 0.896. The van der Waals surface area contributed by atoms with E-state index in [0.717, 1.165) is 42.8 Å². The van der Waals surface area contributed by atoms with Gasteiger partial charge in [-0.2, -0.15) is 5.10 Å². The maximum Gasteiger partial charge on any atom is 0.260 e. The predicted octanol–water partition coefficient (Wildman–Crippen LogP) is 6.47. The van der Waals surface area contributed by atoms with Crippen molar-refractivity contribution < 1.29 is 9.53 Å². The van der Waals surface area contributed by atoms with E-state index in [4.69, 9.17) is 9.84 Å². The number of carbonyl (C=O) groups excluding carboxylic acids is 1. The largest absolute Gasteiger partial charge is 0.372 e. The number of likely N-dealkylation sites (tertiary alicyclic amines) is 1. The van der Waals surface area contributed by atoms with Gasteiger partial charge in [-0.15, -0.1) is 0 Å². The molecule has 5 rings (SSSR count). The Hall–Kier alpha value is -3.12. The van der Waals surface area contributed by atoms with E-state index in [2.05, 4.69) is 74.3 Å². The van der Waals surface area contributed by atoms with Gasteiger partial charge in [0.2, 0.25) is 0 Å². The third kappa shape index (κ3) is 4.68. The van der Waals surface area contributed by atoms with Crippen molar-refractivity contribution in [1.29, 1.82) is 0 Å². The Morgan fingerprint density at radius 2 is 1.68 bits per heavy atom. The van der Waals surface area contributed by atoms with Crippen LogP contribution < -0.4 is 5.32 Å². The summed E-state index contributed by atoms with van der Waals surface area (Å²) >= 11 is 0. The number of ether oxygens (including phenoxy) is 1. The highest BCUT2D eigenvalue weighted by Crippen LogP contribution is 2.43. The fraction of sp³-hybridized carbons (Fsp3) is 0.484. The fourth-order valence-electron chi connectivity index (χ4n) is 6.29. The molecule has 1 fully saturated rings. The van der Waals surface area contributed by atoms with Crippen molar-refractivity contribution in [2.45, 2.75) is 90.1 Å². The molecule has 0 unspecified atom stereocenters. The molecule has 1 saturated heterocycles. The van der Waals surface area contributed by atoms with Crippen molar-refractivity contribution in [3.63, 3.8) is 0 Å². The first kappa shape index (κ1) is 25.5. The first-order valence-corrected chi connectivity index (χ1v) is 13.7. The number of rotatable bonds is 7. The smallest absolute Gasteiger partial charge is 0.260 e. The van der Waals surface area contributed by atoms with Gasteiger partial charge in [-0.25, -0.2) is 4.68 Å². The molecule has 0 spiro atoms. The van der Waals surface area contributed by atoms with Crippen LogP contribution in [-0.4, -0.2) is 38.8 Å². The van der Waals surface area contributed by atoms with Gasteiger partial charge in [-0.05, 0) is 57.6 Å². The monoisotopic (exact) mass is 500 g/mol. The van der Waals surface area contributed by atoms with E-state index in [9.17, 15) is 4.79 Å². The summed E-state index contributed by atoms with van der Waals surface area (Å²) in [5, 5.41) is 8.60. The molecule has 3 heterocycles. The third-order valence-corrected chi connectivity index (χ3v) is 8.52. The van der Waals surface area contributed by atoms with E-state index in [1.807, 2.05) is 35.9 Å². The van der Waals surface area contributed by atoms with Crippen LogP contribution in [0.4, 0.5) is 5.82 Å². The molecule has 0 bridgehead atoms. The number of fused-ring (bicyclic) bond motifs is 1. The van der Waals surface area contributed by atoms with Crippen LogP contribution in [0.1, 0.15) is 86.6 Å². The van der Waals surface area contributed by atoms with Gasteiger partial charge >= 0.3 is 0 Å². The van der Waals surface area contributed by atoms with E-state index in [1.165, 1.54) is 5.56 Å². The standard InChI is InChI=1S/C31H40N4O2/c1-6-31(7-2)18-25(37-21-23-14-10-8-11-15-23)20-34(31)29(36)27-22(3)33-35-28(27)32-26(19-30(35,4)5)24-16-12-9-13-17-24/h8-17,25-26,32H,6-7,18-21H2,1-5H3/t25-,26-/m1/s1. The number of nitrogens with zero attached hydrogens (tertiary/aromatic N) is 3. The molecule has 6 nitrogen and oxygen atoms in total. The van der Waals surface area contributed by atoms with Crippen LogP contribution in [0.5, 0.6) is 0 Å². The average molecular weight is 501 g/mol. The Morgan fingerprint density at radius 1 is 1.03 bits per heavy atom. The molecule has 3 aromatic rings. The van der Waals surface area contributed by atoms with Crippen molar-refractivity contribution in [1.82, 2.24) is 14.7 Å². The molecule has 0 saturated carbocycles. The second-order valence-corrected chi connectivity index (χ2v) is 11.3. The van der Waals surface area contributed by atoms with Crippen molar-refractivity contribution in [3.8, 4) is 0 Å². The number of amides is 1. The van der Waals surface area contributed by atoms with Gasteiger partial charge in [-0.3, -0.25) is 4.79 Å². The highest BCUT2D eigenvalue weighted by atomic mass is 16.5. The number of carbonyl (C=O) groups is 1. The lowest BCUT2D eigenvalue weighted by atomic mass is 9.88. The topological polar surface area (TPSA) is 59.4 Å². The molecule has 2 aliphatic heterocycles. The van der Waals surface area contributed by atoms with Crippen molar-refractivity contribution in [2.24, 2.45) is 0 Å². The van der Waals surface area contributed by atoms with Gasteiger partial charge in [0, 0.05) is 12.1 Å². The molecular weight excluding hydrogens is 460 g/mol. The summed E-state index contributed by atoms with van der Waals surface area (Å²) < 4.78 is 8.40. The zero-order valence-electron chi connectivity index (χ0n) is 22.8. The highest BCUT2D eigenvalue weighted by molar-refractivity contribution is 6.01. The molecule has 196 valence electrons. The van der Waals surface area contributed by atoms with Gasteiger partial charge < -0.3 is 15.0 Å². The second kappa shape index (κ2) is 9.97. The lowest BCUT2D eigenvalue weighted by molar-refractivity contribution is 0.0436. The molecular formula is C31H40N4O2. The number of benzene rings is 2. The van der Waals surface area contributed by atoms with Gasteiger partial charge in [0.1, 0.15) is 11.4 Å². The number of anilines is 1. The minimum atomic E-state index is -0.220. The zero-order valence-corrected chi connectivity index (χ0v) is 22.8. The van der Waals surface area contributed by atoms with E-state index in [0.29, 0.717) is 18.7 Å². The molecule has 37 heavy (non-hydrogen) atoms. The lowest BCUT2D eigenvalue weighted by Crippen LogP contribution is -2.47. The summed E-state index contributed by atoms with van der Waals surface area (Å²) in [6.07, 6.45) is 3.55. The van der Waals surface area contributed by atoms with E-state index in [-0.39, 0.29) is 29.1 Å². The summed E-state index contributed by atoms with van der Waals surface area (Å²) in [5.41, 5.74) is 3.43. The Morgan fingerprint density at radius 3 is 2.32 bits per heavy atom. The quantitative estimate of drug-likeness (QED) is 0.404. The minimum Gasteiger partial charge on any atom is -0.372 e. The molecule has 1 amide bonds. The first-order chi connectivity index (χ1) is 17.8. The van der Waals surface area contributed by atoms with Crippen LogP contribution in [-0.2, 0) is 16.9 Å². The number of nitrogens with one attached hydrogen (secondary N) is 1. The fourth-order valence-corrected chi connectivity index (χ4v) is 6.29. The molecule has 1 aromatic heterocycles. The SMILES string of the molecule is CCC1(CC)C[C@@H](OCc2ccccc2)CN1C(=O)c1c(C)nn2c1N[C@@H](c1ccccc1)CC2(C)C. The number of aromatic nitrogens is 2. The van der Waals surface area contributed by atoms with Crippen molar-refractivity contribution >= 4 is 11.7 Å².